The second-order valence-corrected chi connectivity index (χ2v) is 14.8. The van der Waals surface area contributed by atoms with E-state index in [2.05, 4.69) is 12.2 Å². The number of amides is 3. The summed E-state index contributed by atoms with van der Waals surface area (Å²) in [5.41, 5.74) is 4.34. The minimum Gasteiger partial charge on any atom is -0.481 e. The van der Waals surface area contributed by atoms with Gasteiger partial charge in [0.05, 0.1) is 18.1 Å². The summed E-state index contributed by atoms with van der Waals surface area (Å²) in [5.74, 6) is -3.24. The first-order valence-electron chi connectivity index (χ1n) is 17.2. The fraction of sp³-hybridized carbons (Fsp3) is 0.912. The molecule has 0 spiro atoms. The van der Waals surface area contributed by atoms with Gasteiger partial charge in [-0.15, -0.1) is 0 Å². The van der Waals surface area contributed by atoms with E-state index in [0.29, 0.717) is 19.4 Å². The molecule has 3 aliphatic rings. The van der Waals surface area contributed by atoms with E-state index in [1.54, 1.807) is 13.8 Å². The average molecular weight is 608 g/mol. The minimum absolute atomic E-state index is 0.0811. The molecule has 9 heteroatoms. The van der Waals surface area contributed by atoms with Crippen LogP contribution in [0, 0.1) is 11.3 Å². The number of unbranched alkanes of at least 4 members (excludes halogenated alkanes) is 5. The van der Waals surface area contributed by atoms with E-state index in [-0.39, 0.29) is 12.5 Å². The van der Waals surface area contributed by atoms with Crippen molar-refractivity contribution in [3.8, 4) is 0 Å². The lowest BCUT2D eigenvalue weighted by Crippen LogP contribution is -2.69. The Labute approximate surface area is 260 Å². The Morgan fingerprint density at radius 3 is 2.02 bits per heavy atom. The van der Waals surface area contributed by atoms with Crippen LogP contribution in [-0.2, 0) is 19.1 Å². The molecule has 3 fully saturated rings. The van der Waals surface area contributed by atoms with Crippen molar-refractivity contribution in [2.24, 2.45) is 17.1 Å². The summed E-state index contributed by atoms with van der Waals surface area (Å²) in [6.07, 6.45) is 16.7. The molecule has 1 aliphatic heterocycles. The Balaban J connectivity index is 1.94. The number of nitrogens with zero attached hydrogens (tertiary/aromatic N) is 1. The summed E-state index contributed by atoms with van der Waals surface area (Å²) in [5, 5.41) is 13.8. The van der Waals surface area contributed by atoms with Crippen molar-refractivity contribution >= 4 is 17.9 Å². The number of hydrogen-bond acceptors (Lipinski definition) is 5. The molecule has 1 saturated heterocycles. The van der Waals surface area contributed by atoms with E-state index in [1.165, 1.54) is 25.7 Å². The van der Waals surface area contributed by atoms with Crippen molar-refractivity contribution in [2.75, 3.05) is 13.2 Å². The molecule has 248 valence electrons. The summed E-state index contributed by atoms with van der Waals surface area (Å²) in [4.78, 5) is 42.4. The molecule has 0 bridgehead atoms. The van der Waals surface area contributed by atoms with Crippen molar-refractivity contribution in [3.63, 3.8) is 0 Å². The van der Waals surface area contributed by atoms with Crippen LogP contribution in [0.3, 0.4) is 0 Å². The van der Waals surface area contributed by atoms with E-state index in [0.717, 1.165) is 77.0 Å². The van der Waals surface area contributed by atoms with Crippen molar-refractivity contribution < 1.29 is 29.0 Å². The Morgan fingerprint density at radius 2 is 1.44 bits per heavy atom. The maximum atomic E-state index is 13.7. The van der Waals surface area contributed by atoms with Crippen LogP contribution in [0.25, 0.3) is 0 Å². The third-order valence-electron chi connectivity index (χ3n) is 10.5. The van der Waals surface area contributed by atoms with Gasteiger partial charge in [0.1, 0.15) is 6.10 Å². The molecule has 3 rings (SSSR count). The SMILES string of the molecule is CCCCCCCCC1(N(C(N)=O)C2(C(CNC(=O)C3OC(C)(C)OCC3(C)C)C(=O)O)CCCCCC2)CCCCC1. The number of primary amides is 1. The first-order chi connectivity index (χ1) is 20.3. The van der Waals surface area contributed by atoms with Gasteiger partial charge in [-0.2, -0.15) is 0 Å². The molecule has 0 aromatic heterocycles. The van der Waals surface area contributed by atoms with Crippen LogP contribution >= 0.6 is 0 Å². The highest BCUT2D eigenvalue weighted by molar-refractivity contribution is 5.83. The Hall–Kier alpha value is -1.87. The molecule has 2 atom stereocenters. The van der Waals surface area contributed by atoms with Crippen LogP contribution in [0.15, 0.2) is 0 Å². The van der Waals surface area contributed by atoms with Crippen molar-refractivity contribution in [3.05, 3.63) is 0 Å². The predicted molar refractivity (Wildman–Crippen MR) is 168 cm³/mol. The van der Waals surface area contributed by atoms with Gasteiger partial charge in [0.2, 0.25) is 5.91 Å². The Kier molecular flexibility index (Phi) is 12.8. The summed E-state index contributed by atoms with van der Waals surface area (Å²) in [7, 11) is 0. The van der Waals surface area contributed by atoms with Gasteiger partial charge >= 0.3 is 12.0 Å². The number of urea groups is 1. The quantitative estimate of drug-likeness (QED) is 0.145. The van der Waals surface area contributed by atoms with Crippen LogP contribution in [0.5, 0.6) is 0 Å². The van der Waals surface area contributed by atoms with Gasteiger partial charge < -0.3 is 30.5 Å². The zero-order valence-electron chi connectivity index (χ0n) is 27.8. The van der Waals surface area contributed by atoms with Gasteiger partial charge in [-0.25, -0.2) is 4.79 Å². The molecule has 0 aromatic rings. The van der Waals surface area contributed by atoms with Gasteiger partial charge in [0.25, 0.3) is 0 Å². The number of carboxylic acid groups (broad SMARTS) is 1. The van der Waals surface area contributed by atoms with E-state index in [1.807, 2.05) is 18.7 Å². The summed E-state index contributed by atoms with van der Waals surface area (Å²) in [6.45, 7) is 9.87. The maximum absolute atomic E-state index is 13.7. The first kappa shape index (κ1) is 35.6. The van der Waals surface area contributed by atoms with Crippen molar-refractivity contribution in [1.29, 1.82) is 0 Å². The van der Waals surface area contributed by atoms with E-state index < -0.39 is 46.3 Å². The van der Waals surface area contributed by atoms with Crippen LogP contribution in [0.1, 0.15) is 150 Å². The summed E-state index contributed by atoms with van der Waals surface area (Å²) < 4.78 is 11.8. The summed E-state index contributed by atoms with van der Waals surface area (Å²) in [6, 6.07) is -0.511. The number of carboxylic acids is 1. The molecule has 4 N–H and O–H groups in total. The Bertz CT molecular complexity index is 921. The number of nitrogens with two attached hydrogens (primary N) is 1. The zero-order valence-corrected chi connectivity index (χ0v) is 27.8. The van der Waals surface area contributed by atoms with Gasteiger partial charge in [-0.1, -0.05) is 104 Å². The molecular weight excluding hydrogens is 546 g/mol. The van der Waals surface area contributed by atoms with E-state index in [9.17, 15) is 19.5 Å². The van der Waals surface area contributed by atoms with Gasteiger partial charge in [0, 0.05) is 17.5 Å². The lowest BCUT2D eigenvalue weighted by molar-refractivity contribution is -0.304. The maximum Gasteiger partial charge on any atom is 0.315 e. The monoisotopic (exact) mass is 607 g/mol. The molecule has 2 unspecified atom stereocenters. The highest BCUT2D eigenvalue weighted by Gasteiger charge is 2.56. The zero-order chi connectivity index (χ0) is 31.7. The molecular formula is C34H61N3O6. The van der Waals surface area contributed by atoms with Crippen LogP contribution in [0.2, 0.25) is 0 Å². The number of nitrogens with one attached hydrogen (secondary N) is 1. The van der Waals surface area contributed by atoms with Gasteiger partial charge in [-0.05, 0) is 46.0 Å². The number of carbonyl (C=O) groups is 3. The Morgan fingerprint density at radius 1 is 0.884 bits per heavy atom. The second kappa shape index (κ2) is 15.4. The van der Waals surface area contributed by atoms with Crippen LogP contribution in [0.4, 0.5) is 4.79 Å². The molecule has 3 amide bonds. The number of rotatable bonds is 14. The van der Waals surface area contributed by atoms with Crippen molar-refractivity contribution in [2.45, 2.75) is 173 Å². The fourth-order valence-electron chi connectivity index (χ4n) is 8.15. The molecule has 9 nitrogen and oxygen atoms in total. The highest BCUT2D eigenvalue weighted by Crippen LogP contribution is 2.48. The largest absolute Gasteiger partial charge is 0.481 e. The lowest BCUT2D eigenvalue weighted by atomic mass is 9.68. The molecule has 2 aliphatic carbocycles. The smallest absolute Gasteiger partial charge is 0.315 e. The molecule has 0 aromatic carbocycles. The summed E-state index contributed by atoms with van der Waals surface area (Å²) >= 11 is 0. The lowest BCUT2D eigenvalue weighted by Gasteiger charge is -2.57. The third kappa shape index (κ3) is 8.86. The number of hydrogen-bond donors (Lipinski definition) is 3. The normalized spacial score (nSPS) is 25.2. The van der Waals surface area contributed by atoms with Gasteiger partial charge in [0.15, 0.2) is 5.79 Å². The van der Waals surface area contributed by atoms with Crippen LogP contribution in [-0.4, -0.2) is 64.0 Å². The fourth-order valence-corrected chi connectivity index (χ4v) is 8.15. The van der Waals surface area contributed by atoms with Gasteiger partial charge in [-0.3, -0.25) is 9.59 Å². The standard InChI is InChI=1S/C34H61N3O6/c1-6-7-8-9-10-14-19-33(20-15-13-16-21-33)37(30(35)41)34(22-17-11-12-18-23-34)26(29(39)40)24-36-28(38)27-31(2,3)25-42-32(4,5)43-27/h26-27H,6-25H2,1-5H3,(H2,35,41)(H,36,38)(H,39,40). The van der Waals surface area contributed by atoms with Crippen molar-refractivity contribution in [1.82, 2.24) is 10.2 Å². The number of ether oxygens (including phenoxy) is 2. The predicted octanol–water partition coefficient (Wildman–Crippen LogP) is 6.91. The first-order valence-corrected chi connectivity index (χ1v) is 17.2. The van der Waals surface area contributed by atoms with E-state index >= 15 is 0 Å². The molecule has 2 saturated carbocycles. The van der Waals surface area contributed by atoms with E-state index in [4.69, 9.17) is 15.2 Å². The highest BCUT2D eigenvalue weighted by atomic mass is 16.7. The molecule has 1 heterocycles. The number of aliphatic carboxylic acids is 1. The topological polar surface area (TPSA) is 131 Å². The molecule has 43 heavy (non-hydrogen) atoms. The number of carbonyl (C=O) groups excluding carboxylic acids is 2. The molecule has 0 radical (unpaired) electrons. The average Bonchev–Trinajstić information content (AvgIpc) is 3.19. The third-order valence-corrected chi connectivity index (χ3v) is 10.5. The van der Waals surface area contributed by atoms with Crippen LogP contribution < -0.4 is 11.1 Å². The minimum atomic E-state index is -0.994. The second-order valence-electron chi connectivity index (χ2n) is 14.8.